The van der Waals surface area contributed by atoms with Gasteiger partial charge in [0.25, 0.3) is 0 Å². The Labute approximate surface area is 142 Å². The third-order valence-corrected chi connectivity index (χ3v) is 3.40. The number of amides is 1. The van der Waals surface area contributed by atoms with E-state index in [4.69, 9.17) is 4.74 Å². The van der Waals surface area contributed by atoms with Crippen molar-refractivity contribution in [3.8, 4) is 0 Å². The number of carbonyl (C=O) groups excluding carboxylic acids is 2. The summed E-state index contributed by atoms with van der Waals surface area (Å²) in [5.74, 6) is -0.754. The molecule has 1 atom stereocenters. The van der Waals surface area contributed by atoms with Crippen molar-refractivity contribution in [2.75, 3.05) is 6.61 Å². The van der Waals surface area contributed by atoms with Crippen molar-refractivity contribution < 1.29 is 14.3 Å². The lowest BCUT2D eigenvalue weighted by molar-refractivity contribution is -0.146. The number of hydrogen-bond donors (Lipinski definition) is 1. The minimum Gasteiger partial charge on any atom is -0.464 e. The van der Waals surface area contributed by atoms with Crippen LogP contribution >= 0.6 is 0 Å². The van der Waals surface area contributed by atoms with Crippen LogP contribution in [0.4, 0.5) is 0 Å². The molecule has 2 aromatic carbocycles. The molecule has 0 aliphatic heterocycles. The van der Waals surface area contributed by atoms with Crippen LogP contribution < -0.4 is 5.32 Å². The molecule has 0 radical (unpaired) electrons. The molecule has 0 fully saturated rings. The molecule has 0 aliphatic rings. The third kappa shape index (κ3) is 5.72. The summed E-state index contributed by atoms with van der Waals surface area (Å²) in [4.78, 5) is 24.2. The second-order valence-electron chi connectivity index (χ2n) is 5.25. The van der Waals surface area contributed by atoms with Crippen molar-refractivity contribution in [3.05, 3.63) is 77.9 Å². The first-order chi connectivity index (χ1) is 11.7. The van der Waals surface area contributed by atoms with Crippen LogP contribution in [0.3, 0.4) is 0 Å². The van der Waals surface area contributed by atoms with Gasteiger partial charge in [0.05, 0.1) is 6.61 Å². The van der Waals surface area contributed by atoms with Gasteiger partial charge in [-0.3, -0.25) is 4.79 Å². The van der Waals surface area contributed by atoms with Gasteiger partial charge in [-0.2, -0.15) is 0 Å². The largest absolute Gasteiger partial charge is 0.464 e. The maximum Gasteiger partial charge on any atom is 0.328 e. The summed E-state index contributed by atoms with van der Waals surface area (Å²) in [7, 11) is 0. The third-order valence-electron chi connectivity index (χ3n) is 3.40. The average Bonchev–Trinajstić information content (AvgIpc) is 2.61. The summed E-state index contributed by atoms with van der Waals surface area (Å²) in [6.45, 7) is 2.02. The molecule has 0 aliphatic carbocycles. The molecule has 1 amide bonds. The van der Waals surface area contributed by atoms with E-state index >= 15 is 0 Å². The highest BCUT2D eigenvalue weighted by atomic mass is 16.5. The maximum atomic E-state index is 12.1. The minimum atomic E-state index is -0.708. The Morgan fingerprint density at radius 3 is 2.29 bits per heavy atom. The molecule has 0 saturated heterocycles. The van der Waals surface area contributed by atoms with Crippen LogP contribution in [0.5, 0.6) is 0 Å². The topological polar surface area (TPSA) is 55.4 Å². The zero-order valence-corrected chi connectivity index (χ0v) is 13.6. The van der Waals surface area contributed by atoms with Crippen molar-refractivity contribution in [3.63, 3.8) is 0 Å². The predicted octanol–water partition coefficient (Wildman–Crippen LogP) is 2.99. The Morgan fingerprint density at radius 2 is 1.67 bits per heavy atom. The van der Waals surface area contributed by atoms with Gasteiger partial charge >= 0.3 is 5.97 Å². The molecule has 1 unspecified atom stereocenters. The Morgan fingerprint density at radius 1 is 1.04 bits per heavy atom. The molecule has 0 bridgehead atoms. The van der Waals surface area contributed by atoms with Gasteiger partial charge in [0.2, 0.25) is 5.91 Å². The van der Waals surface area contributed by atoms with Crippen molar-refractivity contribution in [2.45, 2.75) is 19.4 Å². The molecule has 0 aromatic heterocycles. The van der Waals surface area contributed by atoms with E-state index in [0.717, 1.165) is 11.1 Å². The molecule has 2 rings (SSSR count). The normalized spacial score (nSPS) is 11.9. The van der Waals surface area contributed by atoms with Gasteiger partial charge in [-0.1, -0.05) is 60.7 Å². The van der Waals surface area contributed by atoms with Crippen LogP contribution in [0.15, 0.2) is 66.7 Å². The zero-order valence-electron chi connectivity index (χ0n) is 13.6. The Balaban J connectivity index is 2.02. The molecular weight excluding hydrogens is 302 g/mol. The van der Waals surface area contributed by atoms with Crippen LogP contribution in [0, 0.1) is 0 Å². The van der Waals surface area contributed by atoms with E-state index in [1.54, 1.807) is 13.0 Å². The smallest absolute Gasteiger partial charge is 0.328 e. The van der Waals surface area contributed by atoms with Gasteiger partial charge in [0.15, 0.2) is 0 Å². The lowest BCUT2D eigenvalue weighted by atomic mass is 10.1. The van der Waals surface area contributed by atoms with Gasteiger partial charge in [0.1, 0.15) is 6.04 Å². The standard InChI is InChI=1S/C20H21NO3/c1-2-24-20(23)18(15-17-11-7-4-8-12-17)21-19(22)14-13-16-9-5-3-6-10-16/h3-14,18H,2,15H2,1H3,(H,21,22)/b14-13+. The first-order valence-corrected chi connectivity index (χ1v) is 7.93. The van der Waals surface area contributed by atoms with Gasteiger partial charge < -0.3 is 10.1 Å². The molecule has 0 heterocycles. The highest BCUT2D eigenvalue weighted by molar-refractivity contribution is 5.94. The molecule has 124 valence electrons. The number of nitrogens with one attached hydrogen (secondary N) is 1. The monoisotopic (exact) mass is 323 g/mol. The first-order valence-electron chi connectivity index (χ1n) is 7.93. The van der Waals surface area contributed by atoms with E-state index in [-0.39, 0.29) is 12.5 Å². The van der Waals surface area contributed by atoms with Crippen LogP contribution in [0.25, 0.3) is 6.08 Å². The Bertz CT molecular complexity index is 681. The summed E-state index contributed by atoms with van der Waals surface area (Å²) in [6.07, 6.45) is 3.53. The Kier molecular flexibility index (Phi) is 6.77. The second kappa shape index (κ2) is 9.30. The number of benzene rings is 2. The highest BCUT2D eigenvalue weighted by Gasteiger charge is 2.21. The van der Waals surface area contributed by atoms with Gasteiger partial charge in [-0.25, -0.2) is 4.79 Å². The fraction of sp³-hybridized carbons (Fsp3) is 0.200. The zero-order chi connectivity index (χ0) is 17.2. The summed E-state index contributed by atoms with van der Waals surface area (Å²) in [5.41, 5.74) is 1.88. The predicted molar refractivity (Wildman–Crippen MR) is 94.2 cm³/mol. The first kappa shape index (κ1) is 17.5. The van der Waals surface area contributed by atoms with Gasteiger partial charge in [-0.15, -0.1) is 0 Å². The summed E-state index contributed by atoms with van der Waals surface area (Å²) < 4.78 is 5.06. The molecule has 2 aromatic rings. The van der Waals surface area contributed by atoms with E-state index in [9.17, 15) is 9.59 Å². The summed E-state index contributed by atoms with van der Waals surface area (Å²) in [5, 5.41) is 2.72. The van der Waals surface area contributed by atoms with Crippen LogP contribution in [-0.4, -0.2) is 24.5 Å². The van der Waals surface area contributed by atoms with E-state index in [0.29, 0.717) is 6.42 Å². The number of carbonyl (C=O) groups is 2. The molecule has 4 heteroatoms. The van der Waals surface area contributed by atoms with Gasteiger partial charge in [0, 0.05) is 12.5 Å². The van der Waals surface area contributed by atoms with E-state index < -0.39 is 12.0 Å². The van der Waals surface area contributed by atoms with Crippen LogP contribution in [0.2, 0.25) is 0 Å². The number of hydrogen-bond acceptors (Lipinski definition) is 3. The van der Waals surface area contributed by atoms with Crippen molar-refractivity contribution in [1.29, 1.82) is 0 Å². The molecule has 24 heavy (non-hydrogen) atoms. The average molecular weight is 323 g/mol. The summed E-state index contributed by atoms with van der Waals surface area (Å²) >= 11 is 0. The molecule has 0 spiro atoms. The highest BCUT2D eigenvalue weighted by Crippen LogP contribution is 2.06. The number of ether oxygens (including phenoxy) is 1. The fourth-order valence-corrected chi connectivity index (χ4v) is 2.24. The van der Waals surface area contributed by atoms with Crippen molar-refractivity contribution in [1.82, 2.24) is 5.32 Å². The lowest BCUT2D eigenvalue weighted by Crippen LogP contribution is -2.42. The molecule has 4 nitrogen and oxygen atoms in total. The van der Waals surface area contributed by atoms with Crippen molar-refractivity contribution in [2.24, 2.45) is 0 Å². The SMILES string of the molecule is CCOC(=O)C(Cc1ccccc1)NC(=O)/C=C/c1ccccc1. The molecule has 1 N–H and O–H groups in total. The Hall–Kier alpha value is -2.88. The maximum absolute atomic E-state index is 12.1. The quantitative estimate of drug-likeness (QED) is 0.629. The number of rotatable bonds is 7. The van der Waals surface area contributed by atoms with Crippen molar-refractivity contribution >= 4 is 18.0 Å². The minimum absolute atomic E-state index is 0.278. The van der Waals surface area contributed by atoms with Crippen LogP contribution in [0.1, 0.15) is 18.1 Å². The van der Waals surface area contributed by atoms with E-state index in [1.807, 2.05) is 60.7 Å². The molecule has 0 saturated carbocycles. The second-order valence-corrected chi connectivity index (χ2v) is 5.25. The fourth-order valence-electron chi connectivity index (χ4n) is 2.24. The number of esters is 1. The van der Waals surface area contributed by atoms with Gasteiger partial charge in [-0.05, 0) is 24.1 Å². The van der Waals surface area contributed by atoms with E-state index in [2.05, 4.69) is 5.32 Å². The molecular formula is C20H21NO3. The van der Waals surface area contributed by atoms with E-state index in [1.165, 1.54) is 6.08 Å². The lowest BCUT2D eigenvalue weighted by Gasteiger charge is -2.16. The van der Waals surface area contributed by atoms with Crippen LogP contribution in [-0.2, 0) is 20.7 Å². The summed E-state index contributed by atoms with van der Waals surface area (Å²) in [6, 6.07) is 18.3.